The van der Waals surface area contributed by atoms with Gasteiger partial charge in [0.25, 0.3) is 0 Å². The minimum absolute atomic E-state index is 0.103. The molecule has 0 radical (unpaired) electrons. The van der Waals surface area contributed by atoms with Crippen LogP contribution in [0.25, 0.3) is 0 Å². The summed E-state index contributed by atoms with van der Waals surface area (Å²) in [5.41, 5.74) is 0.318. The van der Waals surface area contributed by atoms with Crippen LogP contribution < -0.4 is 4.90 Å². The van der Waals surface area contributed by atoms with E-state index in [0.29, 0.717) is 18.8 Å². The van der Waals surface area contributed by atoms with Crippen LogP contribution in [0.15, 0.2) is 24.5 Å². The van der Waals surface area contributed by atoms with Crippen LogP contribution in [0.5, 0.6) is 0 Å². The van der Waals surface area contributed by atoms with Gasteiger partial charge in [-0.15, -0.1) is 0 Å². The van der Waals surface area contributed by atoms with Gasteiger partial charge < -0.3 is 15.1 Å². The number of hydrogen-bond acceptors (Lipinski definition) is 5. The first-order chi connectivity index (χ1) is 13.5. The minimum Gasteiger partial charge on any atom is -0.481 e. The fourth-order valence-electron chi connectivity index (χ4n) is 4.69. The normalized spacial score (nSPS) is 26.3. The average molecular weight is 390 g/mol. The van der Waals surface area contributed by atoms with Gasteiger partial charge in [0.15, 0.2) is 0 Å². The summed E-state index contributed by atoms with van der Waals surface area (Å²) in [6.07, 6.45) is 11.8. The Hall–Kier alpha value is -1.66. The molecular formula is C22H35N3O3. The van der Waals surface area contributed by atoms with Crippen molar-refractivity contribution < 1.29 is 15.0 Å². The SMILES string of the molecule is O=C(O)CC1(O)CCC(CCCCCN2CCN(c3ccncc3)CC2)CC1. The number of rotatable bonds is 9. The lowest BCUT2D eigenvalue weighted by atomic mass is 9.75. The van der Waals surface area contributed by atoms with Crippen molar-refractivity contribution in [2.24, 2.45) is 5.92 Å². The summed E-state index contributed by atoms with van der Waals surface area (Å²) in [6.45, 7) is 5.63. The number of piperazine rings is 1. The van der Waals surface area contributed by atoms with Crippen LogP contribution >= 0.6 is 0 Å². The van der Waals surface area contributed by atoms with Crippen LogP contribution in [-0.4, -0.2) is 64.4 Å². The first-order valence-corrected chi connectivity index (χ1v) is 10.9. The zero-order valence-corrected chi connectivity index (χ0v) is 16.9. The Labute approximate surface area is 168 Å². The number of aromatic nitrogens is 1. The van der Waals surface area contributed by atoms with Gasteiger partial charge in [-0.2, -0.15) is 0 Å². The third kappa shape index (κ3) is 6.45. The van der Waals surface area contributed by atoms with Crippen molar-refractivity contribution in [2.75, 3.05) is 37.6 Å². The summed E-state index contributed by atoms with van der Waals surface area (Å²) in [5.74, 6) is -0.222. The number of aliphatic carboxylic acids is 1. The quantitative estimate of drug-likeness (QED) is 0.632. The molecule has 1 aliphatic heterocycles. The fraction of sp³-hybridized carbons (Fsp3) is 0.727. The Kier molecular flexibility index (Phi) is 7.68. The molecule has 0 spiro atoms. The van der Waals surface area contributed by atoms with Gasteiger partial charge in [0.1, 0.15) is 0 Å². The third-order valence-electron chi connectivity index (χ3n) is 6.50. The molecule has 1 aromatic rings. The maximum Gasteiger partial charge on any atom is 0.306 e. The molecule has 2 fully saturated rings. The highest BCUT2D eigenvalue weighted by Gasteiger charge is 2.34. The predicted molar refractivity (Wildman–Crippen MR) is 111 cm³/mol. The summed E-state index contributed by atoms with van der Waals surface area (Å²) in [7, 11) is 0. The van der Waals surface area contributed by atoms with Crippen LogP contribution in [-0.2, 0) is 4.79 Å². The number of pyridine rings is 1. The Morgan fingerprint density at radius 2 is 1.75 bits per heavy atom. The summed E-state index contributed by atoms with van der Waals surface area (Å²) in [5, 5.41) is 19.2. The number of carboxylic acid groups (broad SMARTS) is 1. The number of hydrogen-bond donors (Lipinski definition) is 2. The third-order valence-corrected chi connectivity index (χ3v) is 6.50. The molecule has 2 N–H and O–H groups in total. The summed E-state index contributed by atoms with van der Waals surface area (Å²) < 4.78 is 0. The van der Waals surface area contributed by atoms with Gasteiger partial charge >= 0.3 is 5.97 Å². The van der Waals surface area contributed by atoms with Gasteiger partial charge in [0.2, 0.25) is 0 Å². The molecule has 156 valence electrons. The molecule has 3 rings (SSSR count). The van der Waals surface area contributed by atoms with Crippen LogP contribution in [0.1, 0.15) is 57.8 Å². The van der Waals surface area contributed by atoms with Crippen molar-refractivity contribution in [3.8, 4) is 0 Å². The second kappa shape index (κ2) is 10.2. The van der Waals surface area contributed by atoms with Crippen LogP contribution in [0.3, 0.4) is 0 Å². The maximum atomic E-state index is 10.8. The van der Waals surface area contributed by atoms with E-state index in [0.717, 1.165) is 39.0 Å². The lowest BCUT2D eigenvalue weighted by Gasteiger charge is -2.36. The van der Waals surface area contributed by atoms with Gasteiger partial charge in [0, 0.05) is 44.3 Å². The smallest absolute Gasteiger partial charge is 0.306 e. The van der Waals surface area contributed by atoms with E-state index in [-0.39, 0.29) is 6.42 Å². The standard InChI is InChI=1S/C22H35N3O3/c26-21(27)18-22(28)9-5-19(6-10-22)4-2-1-3-13-24-14-16-25(17-15-24)20-7-11-23-12-8-20/h7-8,11-12,19,28H,1-6,9-10,13-18H2,(H,26,27). The van der Waals surface area contributed by atoms with Gasteiger partial charge in [-0.3, -0.25) is 14.7 Å². The molecule has 2 aliphatic rings. The number of carboxylic acids is 1. The average Bonchev–Trinajstić information content (AvgIpc) is 2.70. The van der Waals surface area contributed by atoms with Crippen molar-refractivity contribution in [1.29, 1.82) is 0 Å². The Balaban J connectivity index is 1.23. The van der Waals surface area contributed by atoms with Crippen molar-refractivity contribution >= 4 is 11.7 Å². The summed E-state index contributed by atoms with van der Waals surface area (Å²) in [6, 6.07) is 4.17. The van der Waals surface area contributed by atoms with Gasteiger partial charge in [-0.25, -0.2) is 0 Å². The molecule has 28 heavy (non-hydrogen) atoms. The van der Waals surface area contributed by atoms with E-state index in [4.69, 9.17) is 5.11 Å². The molecule has 0 atom stereocenters. The van der Waals surface area contributed by atoms with Gasteiger partial charge in [0.05, 0.1) is 12.0 Å². The molecule has 0 aromatic carbocycles. The molecule has 1 aromatic heterocycles. The Morgan fingerprint density at radius 1 is 1.07 bits per heavy atom. The number of aliphatic hydroxyl groups is 1. The molecule has 2 heterocycles. The summed E-state index contributed by atoms with van der Waals surface area (Å²) >= 11 is 0. The molecule has 0 amide bonds. The van der Waals surface area contributed by atoms with E-state index in [1.54, 1.807) is 0 Å². The molecule has 6 heteroatoms. The van der Waals surface area contributed by atoms with Gasteiger partial charge in [-0.1, -0.05) is 19.3 Å². The number of nitrogens with zero attached hydrogens (tertiary/aromatic N) is 3. The molecule has 1 saturated heterocycles. The first-order valence-electron chi connectivity index (χ1n) is 10.9. The van der Waals surface area contributed by atoms with E-state index in [2.05, 4.69) is 26.9 Å². The van der Waals surface area contributed by atoms with Crippen molar-refractivity contribution in [1.82, 2.24) is 9.88 Å². The minimum atomic E-state index is -0.958. The first kappa shape index (κ1) is 21.1. The zero-order valence-electron chi connectivity index (χ0n) is 16.9. The molecule has 1 aliphatic carbocycles. The molecular weight excluding hydrogens is 354 g/mol. The van der Waals surface area contributed by atoms with Crippen molar-refractivity contribution in [2.45, 2.75) is 63.4 Å². The Bertz CT molecular complexity index is 594. The predicted octanol–water partition coefficient (Wildman–Crippen LogP) is 3.16. The topological polar surface area (TPSA) is 76.9 Å². The van der Waals surface area contributed by atoms with E-state index < -0.39 is 11.6 Å². The molecule has 0 unspecified atom stereocenters. The largest absolute Gasteiger partial charge is 0.481 e. The van der Waals surface area contributed by atoms with Gasteiger partial charge in [-0.05, 0) is 56.7 Å². The molecule has 6 nitrogen and oxygen atoms in total. The lowest BCUT2D eigenvalue weighted by Crippen LogP contribution is -2.46. The lowest BCUT2D eigenvalue weighted by molar-refractivity contribution is -0.144. The van der Waals surface area contributed by atoms with Crippen LogP contribution in [0.4, 0.5) is 5.69 Å². The second-order valence-electron chi connectivity index (χ2n) is 8.62. The zero-order chi connectivity index (χ0) is 19.8. The second-order valence-corrected chi connectivity index (χ2v) is 8.62. The van der Waals surface area contributed by atoms with E-state index in [1.807, 2.05) is 12.4 Å². The number of unbranched alkanes of at least 4 members (excludes halogenated alkanes) is 2. The van der Waals surface area contributed by atoms with E-state index in [1.165, 1.54) is 37.9 Å². The highest BCUT2D eigenvalue weighted by atomic mass is 16.4. The van der Waals surface area contributed by atoms with Crippen molar-refractivity contribution in [3.63, 3.8) is 0 Å². The van der Waals surface area contributed by atoms with Crippen molar-refractivity contribution in [3.05, 3.63) is 24.5 Å². The Morgan fingerprint density at radius 3 is 2.39 bits per heavy atom. The maximum absolute atomic E-state index is 10.8. The summed E-state index contributed by atoms with van der Waals surface area (Å²) in [4.78, 5) is 20.0. The number of anilines is 1. The molecule has 0 bridgehead atoms. The van der Waals surface area contributed by atoms with E-state index in [9.17, 15) is 9.90 Å². The molecule has 1 saturated carbocycles. The van der Waals surface area contributed by atoms with Crippen LogP contribution in [0, 0.1) is 5.92 Å². The highest BCUT2D eigenvalue weighted by molar-refractivity contribution is 5.68. The monoisotopic (exact) mass is 389 g/mol. The van der Waals surface area contributed by atoms with Crippen LogP contribution in [0.2, 0.25) is 0 Å². The number of carbonyl (C=O) groups is 1. The fourth-order valence-corrected chi connectivity index (χ4v) is 4.69. The highest BCUT2D eigenvalue weighted by Crippen LogP contribution is 2.36. The van der Waals surface area contributed by atoms with E-state index >= 15 is 0 Å².